The van der Waals surface area contributed by atoms with Gasteiger partial charge in [0.25, 0.3) is 0 Å². The molecule has 0 heterocycles. The van der Waals surface area contributed by atoms with Gasteiger partial charge >= 0.3 is 0 Å². The standard InChI is InChI=1S/C10H15F2N3/c1-15(2)6-10(14-13)8-5-7(11)3-4-9(8)12/h3-5,10,14H,6,13H2,1-2H3. The molecule has 0 spiro atoms. The van der Waals surface area contributed by atoms with E-state index in [-0.39, 0.29) is 5.56 Å². The maximum absolute atomic E-state index is 13.4. The average molecular weight is 215 g/mol. The molecule has 3 nitrogen and oxygen atoms in total. The fourth-order valence-electron chi connectivity index (χ4n) is 1.39. The van der Waals surface area contributed by atoms with E-state index < -0.39 is 17.7 Å². The van der Waals surface area contributed by atoms with E-state index in [4.69, 9.17) is 5.84 Å². The van der Waals surface area contributed by atoms with Gasteiger partial charge in [0.05, 0.1) is 6.04 Å². The van der Waals surface area contributed by atoms with Gasteiger partial charge in [-0.2, -0.15) is 0 Å². The smallest absolute Gasteiger partial charge is 0.128 e. The number of halogens is 2. The highest BCUT2D eigenvalue weighted by Gasteiger charge is 2.15. The molecule has 5 heteroatoms. The Hall–Kier alpha value is -1.04. The van der Waals surface area contributed by atoms with Crippen molar-refractivity contribution in [2.24, 2.45) is 5.84 Å². The Morgan fingerprint density at radius 3 is 2.60 bits per heavy atom. The molecule has 0 aliphatic carbocycles. The summed E-state index contributed by atoms with van der Waals surface area (Å²) in [5.74, 6) is 4.38. The number of rotatable bonds is 4. The van der Waals surface area contributed by atoms with Crippen LogP contribution in [0.3, 0.4) is 0 Å². The van der Waals surface area contributed by atoms with Gasteiger partial charge in [0, 0.05) is 12.1 Å². The Morgan fingerprint density at radius 2 is 2.07 bits per heavy atom. The van der Waals surface area contributed by atoms with Crippen LogP contribution in [0.2, 0.25) is 0 Å². The molecule has 1 aromatic rings. The van der Waals surface area contributed by atoms with Gasteiger partial charge < -0.3 is 4.90 Å². The van der Waals surface area contributed by atoms with Gasteiger partial charge in [-0.25, -0.2) is 8.78 Å². The SMILES string of the molecule is CN(C)CC(NN)c1cc(F)ccc1F. The zero-order valence-electron chi connectivity index (χ0n) is 8.80. The molecule has 0 saturated carbocycles. The topological polar surface area (TPSA) is 41.3 Å². The van der Waals surface area contributed by atoms with Crippen molar-refractivity contribution in [1.82, 2.24) is 10.3 Å². The fourth-order valence-corrected chi connectivity index (χ4v) is 1.39. The summed E-state index contributed by atoms with van der Waals surface area (Å²) < 4.78 is 26.3. The predicted octanol–water partition coefficient (Wildman–Crippen LogP) is 1.03. The van der Waals surface area contributed by atoms with Crippen LogP contribution in [0.1, 0.15) is 11.6 Å². The zero-order valence-corrected chi connectivity index (χ0v) is 8.80. The molecule has 84 valence electrons. The molecule has 1 aromatic carbocycles. The van der Waals surface area contributed by atoms with Crippen LogP contribution in [0.4, 0.5) is 8.78 Å². The maximum atomic E-state index is 13.4. The maximum Gasteiger partial charge on any atom is 0.128 e. The van der Waals surface area contributed by atoms with Gasteiger partial charge in [-0.05, 0) is 32.3 Å². The number of benzene rings is 1. The number of nitrogens with two attached hydrogens (primary N) is 1. The van der Waals surface area contributed by atoms with E-state index in [9.17, 15) is 8.78 Å². The van der Waals surface area contributed by atoms with E-state index in [2.05, 4.69) is 5.43 Å². The molecule has 0 saturated heterocycles. The van der Waals surface area contributed by atoms with Crippen LogP contribution in [0.15, 0.2) is 18.2 Å². The van der Waals surface area contributed by atoms with E-state index in [1.165, 1.54) is 0 Å². The minimum atomic E-state index is -0.467. The molecule has 1 unspecified atom stereocenters. The third-order valence-electron chi connectivity index (χ3n) is 2.08. The lowest BCUT2D eigenvalue weighted by atomic mass is 10.1. The summed E-state index contributed by atoms with van der Waals surface area (Å²) in [5.41, 5.74) is 2.71. The number of nitrogens with zero attached hydrogens (tertiary/aromatic N) is 1. The Morgan fingerprint density at radius 1 is 1.40 bits per heavy atom. The molecule has 0 aliphatic heterocycles. The van der Waals surface area contributed by atoms with Crippen molar-refractivity contribution in [1.29, 1.82) is 0 Å². The first kappa shape index (κ1) is 12.0. The molecule has 15 heavy (non-hydrogen) atoms. The third-order valence-corrected chi connectivity index (χ3v) is 2.08. The van der Waals surface area contributed by atoms with E-state index >= 15 is 0 Å². The molecule has 1 atom stereocenters. The molecule has 0 aliphatic rings. The highest BCUT2D eigenvalue weighted by Crippen LogP contribution is 2.18. The van der Waals surface area contributed by atoms with Gasteiger partial charge in [0.2, 0.25) is 0 Å². The van der Waals surface area contributed by atoms with Crippen molar-refractivity contribution in [2.45, 2.75) is 6.04 Å². The number of hydrazine groups is 1. The fraction of sp³-hybridized carbons (Fsp3) is 0.400. The Bertz CT molecular complexity index is 328. The number of hydrogen-bond acceptors (Lipinski definition) is 3. The summed E-state index contributed by atoms with van der Waals surface area (Å²) in [6, 6.07) is 2.92. The number of hydrogen-bond donors (Lipinski definition) is 2. The third kappa shape index (κ3) is 3.23. The van der Waals surface area contributed by atoms with Gasteiger partial charge in [-0.15, -0.1) is 0 Å². The van der Waals surface area contributed by atoms with E-state index in [0.29, 0.717) is 6.54 Å². The first-order chi connectivity index (χ1) is 7.04. The van der Waals surface area contributed by atoms with Crippen molar-refractivity contribution in [2.75, 3.05) is 20.6 Å². The molecule has 0 aromatic heterocycles. The molecule has 3 N–H and O–H groups in total. The molecule has 0 radical (unpaired) electrons. The summed E-state index contributed by atoms with van der Waals surface area (Å²) in [5, 5.41) is 0. The second kappa shape index (κ2) is 5.16. The lowest BCUT2D eigenvalue weighted by molar-refractivity contribution is 0.338. The Kier molecular flexibility index (Phi) is 4.14. The summed E-state index contributed by atoms with van der Waals surface area (Å²) in [4.78, 5) is 1.84. The summed E-state index contributed by atoms with van der Waals surface area (Å²) >= 11 is 0. The van der Waals surface area contributed by atoms with Crippen molar-refractivity contribution < 1.29 is 8.78 Å². The van der Waals surface area contributed by atoms with Crippen LogP contribution in [-0.4, -0.2) is 25.5 Å². The minimum absolute atomic E-state index is 0.242. The van der Waals surface area contributed by atoms with Crippen LogP contribution >= 0.6 is 0 Å². The summed E-state index contributed by atoms with van der Waals surface area (Å²) in [6.07, 6.45) is 0. The first-order valence-corrected chi connectivity index (χ1v) is 4.60. The summed E-state index contributed by atoms with van der Waals surface area (Å²) in [6.45, 7) is 0.497. The second-order valence-corrected chi connectivity index (χ2v) is 3.65. The highest BCUT2D eigenvalue weighted by atomic mass is 19.1. The van der Waals surface area contributed by atoms with Crippen molar-refractivity contribution in [3.63, 3.8) is 0 Å². The van der Waals surface area contributed by atoms with Crippen molar-refractivity contribution in [3.8, 4) is 0 Å². The molecule has 0 amide bonds. The van der Waals surface area contributed by atoms with Gasteiger partial charge in [-0.3, -0.25) is 11.3 Å². The van der Waals surface area contributed by atoms with Crippen molar-refractivity contribution in [3.05, 3.63) is 35.4 Å². The summed E-state index contributed by atoms with van der Waals surface area (Å²) in [7, 11) is 3.67. The monoisotopic (exact) mass is 215 g/mol. The quantitative estimate of drug-likeness (QED) is 0.582. The van der Waals surface area contributed by atoms with Crippen LogP contribution in [0, 0.1) is 11.6 Å². The first-order valence-electron chi connectivity index (χ1n) is 4.60. The van der Waals surface area contributed by atoms with Crippen molar-refractivity contribution >= 4 is 0 Å². The average Bonchev–Trinajstić information content (AvgIpc) is 2.18. The molecular formula is C10H15F2N3. The Labute approximate surface area is 87.8 Å². The molecule has 0 fully saturated rings. The zero-order chi connectivity index (χ0) is 11.4. The second-order valence-electron chi connectivity index (χ2n) is 3.65. The minimum Gasteiger partial charge on any atom is -0.307 e. The van der Waals surface area contributed by atoms with Crippen LogP contribution in [0.25, 0.3) is 0 Å². The van der Waals surface area contributed by atoms with Crippen LogP contribution in [-0.2, 0) is 0 Å². The molecule has 1 rings (SSSR count). The van der Waals surface area contributed by atoms with E-state index in [0.717, 1.165) is 18.2 Å². The lowest BCUT2D eigenvalue weighted by Gasteiger charge is -2.21. The Balaban J connectivity index is 2.95. The largest absolute Gasteiger partial charge is 0.307 e. The van der Waals surface area contributed by atoms with Crippen LogP contribution in [0.5, 0.6) is 0 Å². The number of likely N-dealkylation sites (N-methyl/N-ethyl adjacent to an activating group) is 1. The van der Waals surface area contributed by atoms with Gasteiger partial charge in [-0.1, -0.05) is 0 Å². The van der Waals surface area contributed by atoms with Gasteiger partial charge in [0.15, 0.2) is 0 Å². The van der Waals surface area contributed by atoms with E-state index in [1.54, 1.807) is 0 Å². The predicted molar refractivity (Wildman–Crippen MR) is 55.0 cm³/mol. The normalized spacial score (nSPS) is 13.2. The molecule has 0 bridgehead atoms. The van der Waals surface area contributed by atoms with Crippen LogP contribution < -0.4 is 11.3 Å². The highest BCUT2D eigenvalue weighted by molar-refractivity contribution is 5.22. The molecular weight excluding hydrogens is 200 g/mol. The number of nitrogens with one attached hydrogen (secondary N) is 1. The lowest BCUT2D eigenvalue weighted by Crippen LogP contribution is -2.36. The van der Waals surface area contributed by atoms with E-state index in [1.807, 2.05) is 19.0 Å². The van der Waals surface area contributed by atoms with Gasteiger partial charge in [0.1, 0.15) is 11.6 Å².